The quantitative estimate of drug-likeness (QED) is 0.859. The third-order valence-electron chi connectivity index (χ3n) is 3.47. The summed E-state index contributed by atoms with van der Waals surface area (Å²) in [6, 6.07) is 5.89. The molecule has 0 bridgehead atoms. The van der Waals surface area contributed by atoms with Crippen LogP contribution in [0, 0.1) is 13.8 Å². The van der Waals surface area contributed by atoms with Crippen LogP contribution in [0.15, 0.2) is 18.2 Å². The SMILES string of the molecule is CCNC(Cc1nc(C)c(C)s1)c1cc(Cl)ccc1OC. The van der Waals surface area contributed by atoms with Gasteiger partial charge in [0.15, 0.2) is 0 Å². The number of benzene rings is 1. The maximum Gasteiger partial charge on any atom is 0.123 e. The normalized spacial score (nSPS) is 12.4. The number of aromatic nitrogens is 1. The second-order valence-corrected chi connectivity index (χ2v) is 6.67. The van der Waals surface area contributed by atoms with Crippen molar-refractivity contribution in [3.05, 3.63) is 44.4 Å². The molecule has 0 aliphatic heterocycles. The molecule has 0 radical (unpaired) electrons. The number of methoxy groups -OCH3 is 1. The predicted molar refractivity (Wildman–Crippen MR) is 89.7 cm³/mol. The van der Waals surface area contributed by atoms with Crippen LogP contribution in [0.5, 0.6) is 5.75 Å². The number of hydrogen-bond acceptors (Lipinski definition) is 4. The van der Waals surface area contributed by atoms with Crippen molar-refractivity contribution in [1.82, 2.24) is 10.3 Å². The molecule has 1 N–H and O–H groups in total. The van der Waals surface area contributed by atoms with E-state index in [1.807, 2.05) is 18.2 Å². The van der Waals surface area contributed by atoms with E-state index in [0.717, 1.165) is 40.0 Å². The second-order valence-electron chi connectivity index (χ2n) is 4.95. The Labute approximate surface area is 135 Å². The van der Waals surface area contributed by atoms with Crippen LogP contribution in [0.25, 0.3) is 0 Å². The van der Waals surface area contributed by atoms with Crippen molar-refractivity contribution in [3.8, 4) is 5.75 Å². The zero-order valence-electron chi connectivity index (χ0n) is 12.9. The van der Waals surface area contributed by atoms with Gasteiger partial charge in [0, 0.05) is 27.9 Å². The number of halogens is 1. The van der Waals surface area contributed by atoms with Crippen LogP contribution in [0.1, 0.15) is 34.1 Å². The summed E-state index contributed by atoms with van der Waals surface area (Å²) in [5, 5.41) is 5.37. The zero-order chi connectivity index (χ0) is 15.4. The van der Waals surface area contributed by atoms with Crippen LogP contribution in [0.2, 0.25) is 5.02 Å². The van der Waals surface area contributed by atoms with Gasteiger partial charge in [-0.15, -0.1) is 11.3 Å². The highest BCUT2D eigenvalue weighted by atomic mass is 35.5. The van der Waals surface area contributed by atoms with Crippen LogP contribution in [-0.4, -0.2) is 18.6 Å². The lowest BCUT2D eigenvalue weighted by Gasteiger charge is -2.20. The molecule has 2 rings (SSSR count). The van der Waals surface area contributed by atoms with Crippen LogP contribution < -0.4 is 10.1 Å². The van der Waals surface area contributed by atoms with Crippen LogP contribution >= 0.6 is 22.9 Å². The van der Waals surface area contributed by atoms with Gasteiger partial charge in [-0.25, -0.2) is 4.98 Å². The van der Waals surface area contributed by atoms with E-state index in [2.05, 4.69) is 31.1 Å². The highest BCUT2D eigenvalue weighted by Crippen LogP contribution is 2.31. The van der Waals surface area contributed by atoms with Gasteiger partial charge in [-0.3, -0.25) is 0 Å². The number of ether oxygens (including phenoxy) is 1. The van der Waals surface area contributed by atoms with E-state index in [9.17, 15) is 0 Å². The fourth-order valence-corrected chi connectivity index (χ4v) is 3.48. The highest BCUT2D eigenvalue weighted by Gasteiger charge is 2.18. The van der Waals surface area contributed by atoms with Gasteiger partial charge in [-0.1, -0.05) is 18.5 Å². The zero-order valence-corrected chi connectivity index (χ0v) is 14.4. The summed E-state index contributed by atoms with van der Waals surface area (Å²) in [5.74, 6) is 0.857. The molecule has 114 valence electrons. The van der Waals surface area contributed by atoms with E-state index in [4.69, 9.17) is 16.3 Å². The largest absolute Gasteiger partial charge is 0.496 e. The van der Waals surface area contributed by atoms with Gasteiger partial charge in [-0.2, -0.15) is 0 Å². The Bertz CT molecular complexity index is 593. The van der Waals surface area contributed by atoms with Gasteiger partial charge < -0.3 is 10.1 Å². The number of nitrogens with zero attached hydrogens (tertiary/aromatic N) is 1. The first-order chi connectivity index (χ1) is 10.0. The molecule has 3 nitrogen and oxygen atoms in total. The molecule has 0 saturated carbocycles. The summed E-state index contributed by atoms with van der Waals surface area (Å²) in [6.45, 7) is 7.14. The van der Waals surface area contributed by atoms with Crippen molar-refractivity contribution in [2.75, 3.05) is 13.7 Å². The van der Waals surface area contributed by atoms with Crippen molar-refractivity contribution in [1.29, 1.82) is 0 Å². The average Bonchev–Trinajstić information content (AvgIpc) is 2.77. The summed E-state index contributed by atoms with van der Waals surface area (Å²) >= 11 is 7.91. The first-order valence-electron chi connectivity index (χ1n) is 7.04. The molecule has 1 aromatic heterocycles. The van der Waals surface area contributed by atoms with Crippen LogP contribution in [0.4, 0.5) is 0 Å². The molecule has 0 saturated heterocycles. The van der Waals surface area contributed by atoms with Gasteiger partial charge in [0.2, 0.25) is 0 Å². The van der Waals surface area contributed by atoms with Crippen molar-refractivity contribution in [3.63, 3.8) is 0 Å². The summed E-state index contributed by atoms with van der Waals surface area (Å²) < 4.78 is 5.48. The molecule has 5 heteroatoms. The summed E-state index contributed by atoms with van der Waals surface area (Å²) in [5.41, 5.74) is 2.20. The number of nitrogens with one attached hydrogen (secondary N) is 1. The lowest BCUT2D eigenvalue weighted by Crippen LogP contribution is -2.23. The van der Waals surface area contributed by atoms with Gasteiger partial charge in [0.25, 0.3) is 0 Å². The van der Waals surface area contributed by atoms with E-state index in [1.54, 1.807) is 18.4 Å². The number of aryl methyl sites for hydroxylation is 2. The Morgan fingerprint density at radius 3 is 2.71 bits per heavy atom. The molecule has 0 amide bonds. The molecular formula is C16H21ClN2OS. The van der Waals surface area contributed by atoms with Gasteiger partial charge in [0.05, 0.1) is 17.8 Å². The van der Waals surface area contributed by atoms with Gasteiger partial charge in [-0.05, 0) is 38.6 Å². The summed E-state index contributed by atoms with van der Waals surface area (Å²) in [4.78, 5) is 5.92. The van der Waals surface area contributed by atoms with Crippen molar-refractivity contribution < 1.29 is 4.74 Å². The monoisotopic (exact) mass is 324 g/mol. The van der Waals surface area contributed by atoms with E-state index >= 15 is 0 Å². The maximum atomic E-state index is 6.15. The Morgan fingerprint density at radius 1 is 1.38 bits per heavy atom. The highest BCUT2D eigenvalue weighted by molar-refractivity contribution is 7.11. The Kier molecular flexibility index (Phi) is 5.62. The topological polar surface area (TPSA) is 34.2 Å². The fraction of sp³-hybridized carbons (Fsp3) is 0.438. The molecule has 1 aromatic carbocycles. The molecule has 2 aromatic rings. The minimum absolute atomic E-state index is 0.147. The van der Waals surface area contributed by atoms with E-state index in [-0.39, 0.29) is 6.04 Å². The fourth-order valence-electron chi connectivity index (χ4n) is 2.32. The van der Waals surface area contributed by atoms with Crippen LogP contribution in [-0.2, 0) is 6.42 Å². The Hall–Kier alpha value is -1.10. The minimum atomic E-state index is 0.147. The molecule has 0 aliphatic rings. The van der Waals surface area contributed by atoms with Gasteiger partial charge in [0.1, 0.15) is 5.75 Å². The van der Waals surface area contributed by atoms with Gasteiger partial charge >= 0.3 is 0 Å². The molecule has 21 heavy (non-hydrogen) atoms. The average molecular weight is 325 g/mol. The lowest BCUT2D eigenvalue weighted by molar-refractivity contribution is 0.399. The number of likely N-dealkylation sites (N-methyl/N-ethyl adjacent to an activating group) is 1. The first kappa shape index (κ1) is 16.3. The molecule has 1 unspecified atom stereocenters. The van der Waals surface area contributed by atoms with Crippen molar-refractivity contribution in [2.24, 2.45) is 0 Å². The third kappa shape index (κ3) is 3.96. The smallest absolute Gasteiger partial charge is 0.123 e. The third-order valence-corrected chi connectivity index (χ3v) is 4.80. The standard InChI is InChI=1S/C16H21ClN2OS/c1-5-18-14(9-16-19-10(2)11(3)21-16)13-8-12(17)6-7-15(13)20-4/h6-8,14,18H,5,9H2,1-4H3. The summed E-state index contributed by atoms with van der Waals surface area (Å²) in [6.07, 6.45) is 0.837. The number of thiazole rings is 1. The Balaban J connectivity index is 2.32. The number of rotatable bonds is 6. The minimum Gasteiger partial charge on any atom is -0.496 e. The van der Waals surface area contributed by atoms with E-state index in [1.165, 1.54) is 4.88 Å². The van der Waals surface area contributed by atoms with E-state index in [0.29, 0.717) is 0 Å². The number of hydrogen-bond donors (Lipinski definition) is 1. The molecule has 0 fully saturated rings. The van der Waals surface area contributed by atoms with E-state index < -0.39 is 0 Å². The molecule has 0 spiro atoms. The molecule has 1 atom stereocenters. The van der Waals surface area contributed by atoms with Crippen LogP contribution in [0.3, 0.4) is 0 Å². The predicted octanol–water partition coefficient (Wildman–Crippen LogP) is 4.32. The molecule has 0 aliphatic carbocycles. The Morgan fingerprint density at radius 2 is 2.14 bits per heavy atom. The molecule has 1 heterocycles. The lowest BCUT2D eigenvalue weighted by atomic mass is 10.0. The first-order valence-corrected chi connectivity index (χ1v) is 8.24. The van der Waals surface area contributed by atoms with Crippen molar-refractivity contribution >= 4 is 22.9 Å². The summed E-state index contributed by atoms with van der Waals surface area (Å²) in [7, 11) is 1.69. The maximum absolute atomic E-state index is 6.15. The second kappa shape index (κ2) is 7.25. The molecular weight excluding hydrogens is 304 g/mol. The van der Waals surface area contributed by atoms with Crippen molar-refractivity contribution in [2.45, 2.75) is 33.2 Å².